The summed E-state index contributed by atoms with van der Waals surface area (Å²) in [6.07, 6.45) is 2.43. The molecule has 1 aromatic carbocycles. The summed E-state index contributed by atoms with van der Waals surface area (Å²) in [5, 5.41) is 10.3. The highest BCUT2D eigenvalue weighted by atomic mass is 35.5. The van der Waals surface area contributed by atoms with Gasteiger partial charge in [0, 0.05) is 29.7 Å². The number of rotatable bonds is 4. The average Bonchev–Trinajstić information content (AvgIpc) is 2.78. The smallest absolute Gasteiger partial charge is 0.137 e. The molecule has 2 aromatic rings. The molecule has 0 bridgehead atoms. The minimum absolute atomic E-state index is 0.144. The molecule has 1 heterocycles. The quantitative estimate of drug-likeness (QED) is 0.928. The van der Waals surface area contributed by atoms with Crippen LogP contribution in [0.4, 0.5) is 0 Å². The Labute approximate surface area is 109 Å². The van der Waals surface area contributed by atoms with E-state index >= 15 is 0 Å². The van der Waals surface area contributed by atoms with Gasteiger partial charge in [-0.2, -0.15) is 0 Å². The lowest BCUT2D eigenvalue weighted by Gasteiger charge is -2.03. The van der Waals surface area contributed by atoms with Crippen molar-refractivity contribution in [1.29, 1.82) is 0 Å². The van der Waals surface area contributed by atoms with Crippen molar-refractivity contribution < 1.29 is 9.84 Å². The molecule has 0 aliphatic heterocycles. The third-order valence-corrected chi connectivity index (χ3v) is 3.71. The van der Waals surface area contributed by atoms with Gasteiger partial charge in [0.1, 0.15) is 10.8 Å². The van der Waals surface area contributed by atoms with Crippen molar-refractivity contribution in [2.45, 2.75) is 6.42 Å². The van der Waals surface area contributed by atoms with Crippen LogP contribution in [0.25, 0.3) is 10.6 Å². The van der Waals surface area contributed by atoms with E-state index in [0.717, 1.165) is 15.4 Å². The minimum Gasteiger partial charge on any atom is -0.495 e. The number of methoxy groups -OCH3 is 1. The van der Waals surface area contributed by atoms with Crippen molar-refractivity contribution in [2.24, 2.45) is 0 Å². The first kappa shape index (κ1) is 12.4. The van der Waals surface area contributed by atoms with Crippen molar-refractivity contribution in [3.63, 3.8) is 0 Å². The molecule has 0 unspecified atom stereocenters. The second-order valence-corrected chi connectivity index (χ2v) is 4.98. The highest BCUT2D eigenvalue weighted by Crippen LogP contribution is 2.32. The predicted octanol–water partition coefficient (Wildman–Crippen LogP) is 3.01. The maximum Gasteiger partial charge on any atom is 0.137 e. The third kappa shape index (κ3) is 2.77. The number of hydrogen-bond acceptors (Lipinski definition) is 4. The van der Waals surface area contributed by atoms with E-state index in [2.05, 4.69) is 4.98 Å². The molecular formula is C12H12ClNO2S. The van der Waals surface area contributed by atoms with Crippen LogP contribution in [0.1, 0.15) is 4.88 Å². The fraction of sp³-hybridized carbons (Fsp3) is 0.250. The van der Waals surface area contributed by atoms with Gasteiger partial charge in [-0.05, 0) is 18.2 Å². The number of hydrogen-bond donors (Lipinski definition) is 1. The average molecular weight is 270 g/mol. The molecule has 0 radical (unpaired) electrons. The van der Waals surface area contributed by atoms with E-state index in [0.29, 0.717) is 17.2 Å². The zero-order valence-electron chi connectivity index (χ0n) is 9.31. The lowest BCUT2D eigenvalue weighted by molar-refractivity contribution is 0.300. The third-order valence-electron chi connectivity index (χ3n) is 2.31. The Morgan fingerprint density at radius 2 is 2.29 bits per heavy atom. The monoisotopic (exact) mass is 269 g/mol. The summed E-state index contributed by atoms with van der Waals surface area (Å²) < 4.78 is 5.10. The fourth-order valence-corrected chi connectivity index (χ4v) is 2.62. The summed E-state index contributed by atoms with van der Waals surface area (Å²) in [7, 11) is 1.59. The molecule has 0 aliphatic rings. The van der Waals surface area contributed by atoms with Gasteiger partial charge in [-0.15, -0.1) is 11.3 Å². The molecule has 0 aliphatic carbocycles. The molecule has 0 atom stereocenters. The topological polar surface area (TPSA) is 42.4 Å². The number of halogens is 1. The lowest BCUT2D eigenvalue weighted by atomic mass is 10.2. The normalized spacial score (nSPS) is 10.5. The first-order valence-electron chi connectivity index (χ1n) is 5.14. The van der Waals surface area contributed by atoms with Crippen LogP contribution < -0.4 is 4.74 Å². The molecule has 0 amide bonds. The molecule has 0 fully saturated rings. The van der Waals surface area contributed by atoms with E-state index in [9.17, 15) is 0 Å². The summed E-state index contributed by atoms with van der Waals surface area (Å²) in [6.45, 7) is 0.144. The zero-order chi connectivity index (χ0) is 12.3. The second-order valence-electron chi connectivity index (χ2n) is 3.45. The molecule has 90 valence electrons. The Morgan fingerprint density at radius 1 is 1.47 bits per heavy atom. The molecule has 5 heteroatoms. The van der Waals surface area contributed by atoms with Crippen molar-refractivity contribution >= 4 is 22.9 Å². The van der Waals surface area contributed by atoms with E-state index in [1.54, 1.807) is 24.6 Å². The molecule has 0 saturated carbocycles. The van der Waals surface area contributed by atoms with Crippen LogP contribution in [0.5, 0.6) is 5.75 Å². The Bertz CT molecular complexity index is 513. The predicted molar refractivity (Wildman–Crippen MR) is 69.9 cm³/mol. The molecule has 17 heavy (non-hydrogen) atoms. The number of benzene rings is 1. The number of thiazole rings is 1. The SMILES string of the molecule is COc1ccc(-c2ncc(CCO)s2)cc1Cl. The van der Waals surface area contributed by atoms with Crippen molar-refractivity contribution in [2.75, 3.05) is 13.7 Å². The zero-order valence-corrected chi connectivity index (χ0v) is 10.9. The Balaban J connectivity index is 2.29. The van der Waals surface area contributed by atoms with Crippen molar-refractivity contribution in [3.8, 4) is 16.3 Å². The van der Waals surface area contributed by atoms with Gasteiger partial charge in [-0.25, -0.2) is 4.98 Å². The van der Waals surface area contributed by atoms with Crippen LogP contribution in [0.2, 0.25) is 5.02 Å². The highest BCUT2D eigenvalue weighted by Gasteiger charge is 2.07. The molecule has 0 spiro atoms. The van der Waals surface area contributed by atoms with Gasteiger partial charge in [-0.1, -0.05) is 11.6 Å². The number of aliphatic hydroxyl groups is 1. The van der Waals surface area contributed by atoms with Gasteiger partial charge in [0.2, 0.25) is 0 Å². The Morgan fingerprint density at radius 3 is 2.94 bits per heavy atom. The Hall–Kier alpha value is -1.10. The summed E-state index contributed by atoms with van der Waals surface area (Å²) >= 11 is 7.62. The van der Waals surface area contributed by atoms with E-state index in [-0.39, 0.29) is 6.61 Å². The van der Waals surface area contributed by atoms with Crippen molar-refractivity contribution in [3.05, 3.63) is 34.3 Å². The lowest BCUT2D eigenvalue weighted by Crippen LogP contribution is -1.84. The first-order valence-corrected chi connectivity index (χ1v) is 6.33. The molecule has 0 saturated heterocycles. The van der Waals surface area contributed by atoms with Crippen LogP contribution in [-0.4, -0.2) is 23.8 Å². The number of ether oxygens (including phenoxy) is 1. The van der Waals surface area contributed by atoms with Crippen LogP contribution in [0, 0.1) is 0 Å². The van der Waals surface area contributed by atoms with E-state index in [4.69, 9.17) is 21.4 Å². The van der Waals surface area contributed by atoms with Gasteiger partial charge in [0.25, 0.3) is 0 Å². The highest BCUT2D eigenvalue weighted by molar-refractivity contribution is 7.15. The van der Waals surface area contributed by atoms with Crippen molar-refractivity contribution in [1.82, 2.24) is 4.98 Å². The van der Waals surface area contributed by atoms with Gasteiger partial charge in [0.15, 0.2) is 0 Å². The maximum absolute atomic E-state index is 8.85. The van der Waals surface area contributed by atoms with Crippen LogP contribution >= 0.6 is 22.9 Å². The van der Waals surface area contributed by atoms with Gasteiger partial charge < -0.3 is 9.84 Å². The molecule has 2 rings (SSSR count). The van der Waals surface area contributed by atoms with Crippen LogP contribution in [0.15, 0.2) is 24.4 Å². The van der Waals surface area contributed by atoms with E-state index in [1.807, 2.05) is 18.2 Å². The van der Waals surface area contributed by atoms with Gasteiger partial charge >= 0.3 is 0 Å². The van der Waals surface area contributed by atoms with Crippen LogP contribution in [0.3, 0.4) is 0 Å². The summed E-state index contributed by atoms with van der Waals surface area (Å²) in [6, 6.07) is 5.58. The Kier molecular flexibility index (Phi) is 3.99. The maximum atomic E-state index is 8.85. The molecule has 3 nitrogen and oxygen atoms in total. The van der Waals surface area contributed by atoms with Gasteiger partial charge in [0.05, 0.1) is 12.1 Å². The molecule has 1 aromatic heterocycles. The van der Waals surface area contributed by atoms with Crippen LogP contribution in [-0.2, 0) is 6.42 Å². The fourth-order valence-electron chi connectivity index (χ4n) is 1.47. The standard InChI is InChI=1S/C12H12ClNO2S/c1-16-11-3-2-8(6-10(11)13)12-14-7-9(17-12)4-5-15/h2-3,6-7,15H,4-5H2,1H3. The molecular weight excluding hydrogens is 258 g/mol. The minimum atomic E-state index is 0.144. The summed E-state index contributed by atoms with van der Waals surface area (Å²) in [4.78, 5) is 5.37. The van der Waals surface area contributed by atoms with E-state index < -0.39 is 0 Å². The van der Waals surface area contributed by atoms with Gasteiger partial charge in [-0.3, -0.25) is 0 Å². The number of aromatic nitrogens is 1. The second kappa shape index (κ2) is 5.49. The molecule has 1 N–H and O–H groups in total. The summed E-state index contributed by atoms with van der Waals surface area (Å²) in [5.74, 6) is 0.655. The van der Waals surface area contributed by atoms with E-state index in [1.165, 1.54) is 0 Å². The largest absolute Gasteiger partial charge is 0.495 e. The summed E-state index contributed by atoms with van der Waals surface area (Å²) in [5.41, 5.74) is 0.963. The number of nitrogens with zero attached hydrogens (tertiary/aromatic N) is 1. The first-order chi connectivity index (χ1) is 8.24. The number of aliphatic hydroxyl groups excluding tert-OH is 1.